The summed E-state index contributed by atoms with van der Waals surface area (Å²) >= 11 is 0. The monoisotopic (exact) mass is 375 g/mol. The molecule has 0 bridgehead atoms. The highest BCUT2D eigenvalue weighted by Crippen LogP contribution is 2.39. The molecule has 0 aliphatic rings. The van der Waals surface area contributed by atoms with Crippen molar-refractivity contribution in [3.63, 3.8) is 0 Å². The molecule has 3 aromatic carbocycles. The Balaban J connectivity index is 2.03. The first-order valence-electron chi connectivity index (χ1n) is 8.95. The largest absolute Gasteiger partial charge is 0.450 e. The van der Waals surface area contributed by atoms with Crippen molar-refractivity contribution in [2.45, 2.75) is 19.4 Å². The Bertz CT molecular complexity index is 1040. The van der Waals surface area contributed by atoms with E-state index in [2.05, 4.69) is 6.58 Å². The van der Waals surface area contributed by atoms with Crippen LogP contribution in [0, 0.1) is 16.0 Å². The molecule has 0 N–H and O–H groups in total. The summed E-state index contributed by atoms with van der Waals surface area (Å²) in [7, 11) is 0. The fraction of sp³-hybridized carbons (Fsp3) is 0.174. The minimum atomic E-state index is -0.957. The average molecular weight is 375 g/mol. The highest BCUT2D eigenvalue weighted by molar-refractivity contribution is 5.91. The van der Waals surface area contributed by atoms with Crippen LogP contribution in [0.5, 0.6) is 0 Å². The molecule has 0 radical (unpaired) electrons. The second-order valence-corrected chi connectivity index (χ2v) is 6.85. The van der Waals surface area contributed by atoms with E-state index in [1.165, 1.54) is 24.3 Å². The number of nitro groups is 1. The number of non-ortho nitro benzene ring substituents is 1. The van der Waals surface area contributed by atoms with Gasteiger partial charge in [0.2, 0.25) is 0 Å². The van der Waals surface area contributed by atoms with Crippen LogP contribution in [-0.2, 0) is 10.3 Å². The first-order valence-corrected chi connectivity index (χ1v) is 8.95. The van der Waals surface area contributed by atoms with Gasteiger partial charge in [-0.05, 0) is 29.8 Å². The van der Waals surface area contributed by atoms with Gasteiger partial charge in [-0.1, -0.05) is 55.5 Å². The second-order valence-electron chi connectivity index (χ2n) is 6.85. The average Bonchev–Trinajstić information content (AvgIpc) is 2.72. The van der Waals surface area contributed by atoms with Crippen LogP contribution in [0.3, 0.4) is 0 Å². The molecule has 0 unspecified atom stereocenters. The zero-order valence-corrected chi connectivity index (χ0v) is 15.8. The summed E-state index contributed by atoms with van der Waals surface area (Å²) in [6.07, 6.45) is 1.75. The third-order valence-electron chi connectivity index (χ3n) is 5.17. The van der Waals surface area contributed by atoms with Crippen molar-refractivity contribution >= 4 is 22.4 Å². The van der Waals surface area contributed by atoms with Gasteiger partial charge in [0.15, 0.2) is 0 Å². The number of hydrogen-bond donors (Lipinski definition) is 0. The van der Waals surface area contributed by atoms with Gasteiger partial charge in [0.05, 0.1) is 10.5 Å². The summed E-state index contributed by atoms with van der Waals surface area (Å²) in [5, 5.41) is 12.9. The Morgan fingerprint density at radius 2 is 1.75 bits per heavy atom. The summed E-state index contributed by atoms with van der Waals surface area (Å²) in [6, 6.07) is 19.2. The molecule has 2 atom stereocenters. The van der Waals surface area contributed by atoms with Crippen molar-refractivity contribution in [1.82, 2.24) is 0 Å². The van der Waals surface area contributed by atoms with Gasteiger partial charge >= 0.3 is 5.97 Å². The standard InChI is InChI=1S/C23H21NO4/c1-4-16(2)23(3,21-11-7-9-17-8-5-6-10-20(17)21)28-22(25)18-12-14-19(15-13-18)24(26)27/h4-16H,1H2,2-3H3/t16-,23-/m1/s1. The van der Waals surface area contributed by atoms with Gasteiger partial charge in [0.1, 0.15) is 5.60 Å². The van der Waals surface area contributed by atoms with Crippen LogP contribution in [0.4, 0.5) is 5.69 Å². The number of nitrogens with zero attached hydrogens (tertiary/aromatic N) is 1. The Morgan fingerprint density at radius 3 is 2.39 bits per heavy atom. The van der Waals surface area contributed by atoms with Crippen molar-refractivity contribution in [1.29, 1.82) is 0 Å². The molecule has 5 nitrogen and oxygen atoms in total. The number of rotatable bonds is 6. The Morgan fingerprint density at radius 1 is 1.11 bits per heavy atom. The Labute approximate surface area is 163 Å². The van der Waals surface area contributed by atoms with Gasteiger partial charge < -0.3 is 4.74 Å². The molecule has 0 saturated carbocycles. The van der Waals surface area contributed by atoms with Crippen LogP contribution >= 0.6 is 0 Å². The molecule has 3 rings (SSSR count). The normalized spacial score (nSPS) is 14.1. The maximum Gasteiger partial charge on any atom is 0.339 e. The van der Waals surface area contributed by atoms with Crippen molar-refractivity contribution < 1.29 is 14.5 Å². The fourth-order valence-corrected chi connectivity index (χ4v) is 3.25. The van der Waals surface area contributed by atoms with E-state index in [1.54, 1.807) is 6.08 Å². The minimum absolute atomic E-state index is 0.0761. The minimum Gasteiger partial charge on any atom is -0.450 e. The van der Waals surface area contributed by atoms with Crippen LogP contribution in [0.1, 0.15) is 29.8 Å². The molecule has 0 aliphatic carbocycles. The van der Waals surface area contributed by atoms with Gasteiger partial charge in [-0.2, -0.15) is 0 Å². The molecular weight excluding hydrogens is 354 g/mol. The van der Waals surface area contributed by atoms with Crippen LogP contribution in [-0.4, -0.2) is 10.9 Å². The highest BCUT2D eigenvalue weighted by atomic mass is 16.6. The molecule has 5 heteroatoms. The summed E-state index contributed by atoms with van der Waals surface area (Å²) < 4.78 is 5.99. The molecule has 142 valence electrons. The molecule has 0 heterocycles. The maximum absolute atomic E-state index is 12.8. The molecule has 3 aromatic rings. The molecule has 0 fully saturated rings. The highest BCUT2D eigenvalue weighted by Gasteiger charge is 2.37. The summed E-state index contributed by atoms with van der Waals surface area (Å²) in [5.41, 5.74) is 0.107. The lowest BCUT2D eigenvalue weighted by Crippen LogP contribution is -2.35. The molecule has 0 saturated heterocycles. The number of fused-ring (bicyclic) bond motifs is 1. The molecule has 28 heavy (non-hydrogen) atoms. The van der Waals surface area contributed by atoms with Crippen molar-refractivity contribution in [3.05, 3.63) is 101 Å². The van der Waals surface area contributed by atoms with Crippen LogP contribution in [0.25, 0.3) is 10.8 Å². The topological polar surface area (TPSA) is 69.4 Å². The van der Waals surface area contributed by atoms with E-state index >= 15 is 0 Å². The smallest absolute Gasteiger partial charge is 0.339 e. The first-order chi connectivity index (χ1) is 13.4. The van der Waals surface area contributed by atoms with E-state index in [9.17, 15) is 14.9 Å². The SMILES string of the molecule is C=C[C@@H](C)[C@@](C)(OC(=O)c1ccc([N+](=O)[O-])cc1)c1cccc2ccccc12. The zero-order valence-electron chi connectivity index (χ0n) is 15.8. The van der Waals surface area contributed by atoms with Gasteiger partial charge in [-0.25, -0.2) is 4.79 Å². The fourth-order valence-electron chi connectivity index (χ4n) is 3.25. The number of carbonyl (C=O) groups excluding carboxylic acids is 1. The molecule has 0 aliphatic heterocycles. The number of benzene rings is 3. The van der Waals surface area contributed by atoms with Crippen LogP contribution < -0.4 is 0 Å². The summed E-state index contributed by atoms with van der Waals surface area (Å²) in [4.78, 5) is 23.2. The number of nitro benzene ring substituents is 1. The summed E-state index contributed by atoms with van der Waals surface area (Å²) in [5.74, 6) is -0.709. The predicted octanol–water partition coefficient (Wildman–Crippen LogP) is 5.64. The van der Waals surface area contributed by atoms with Crippen molar-refractivity contribution in [2.24, 2.45) is 5.92 Å². The predicted molar refractivity (Wildman–Crippen MR) is 109 cm³/mol. The third-order valence-corrected chi connectivity index (χ3v) is 5.17. The lowest BCUT2D eigenvalue weighted by Gasteiger charge is -2.35. The van der Waals surface area contributed by atoms with E-state index < -0.39 is 16.5 Å². The second kappa shape index (κ2) is 7.64. The summed E-state index contributed by atoms with van der Waals surface area (Å²) in [6.45, 7) is 7.68. The van der Waals surface area contributed by atoms with Crippen LogP contribution in [0.15, 0.2) is 79.4 Å². The Kier molecular flexibility index (Phi) is 5.27. The van der Waals surface area contributed by atoms with E-state index in [0.717, 1.165) is 16.3 Å². The van der Waals surface area contributed by atoms with E-state index in [0.29, 0.717) is 0 Å². The third kappa shape index (κ3) is 3.51. The molecule has 0 aromatic heterocycles. The van der Waals surface area contributed by atoms with E-state index in [4.69, 9.17) is 4.74 Å². The number of ether oxygens (including phenoxy) is 1. The van der Waals surface area contributed by atoms with Crippen LogP contribution in [0.2, 0.25) is 0 Å². The van der Waals surface area contributed by atoms with Gasteiger partial charge in [-0.15, -0.1) is 6.58 Å². The van der Waals surface area contributed by atoms with Crippen molar-refractivity contribution in [3.8, 4) is 0 Å². The lowest BCUT2D eigenvalue weighted by molar-refractivity contribution is -0.384. The first kappa shape index (κ1) is 19.3. The van der Waals surface area contributed by atoms with E-state index in [1.807, 2.05) is 56.3 Å². The van der Waals surface area contributed by atoms with Crippen molar-refractivity contribution in [2.75, 3.05) is 0 Å². The quantitative estimate of drug-likeness (QED) is 0.242. The van der Waals surface area contributed by atoms with Gasteiger partial charge in [-0.3, -0.25) is 10.1 Å². The maximum atomic E-state index is 12.8. The molecule has 0 spiro atoms. The number of esters is 1. The zero-order chi connectivity index (χ0) is 20.3. The van der Waals surface area contributed by atoms with Gasteiger partial charge in [0, 0.05) is 23.6 Å². The Hall–Kier alpha value is -3.47. The number of carbonyl (C=O) groups is 1. The lowest BCUT2D eigenvalue weighted by atomic mass is 9.81. The van der Waals surface area contributed by atoms with Gasteiger partial charge in [0.25, 0.3) is 5.69 Å². The molecular formula is C23H21NO4. The number of hydrogen-bond acceptors (Lipinski definition) is 4. The van der Waals surface area contributed by atoms with E-state index in [-0.39, 0.29) is 17.2 Å². The molecule has 0 amide bonds.